The fraction of sp³-hybridized carbons (Fsp3) is 0.548. The molecule has 1 saturated carbocycles. The highest BCUT2D eigenvalue weighted by atomic mass is 32.2. The number of anilines is 2. The third-order valence-electron chi connectivity index (χ3n) is 9.05. The Kier molecular flexibility index (Phi) is 7.48. The number of likely N-dealkylation sites (tertiary alicyclic amines) is 1. The predicted molar refractivity (Wildman–Crippen MR) is 162 cm³/mol. The lowest BCUT2D eigenvalue weighted by Crippen LogP contribution is -2.43. The molecule has 2 atom stereocenters. The molecule has 3 aliphatic rings. The van der Waals surface area contributed by atoms with Crippen LogP contribution in [0.5, 0.6) is 0 Å². The van der Waals surface area contributed by atoms with Gasteiger partial charge in [0.2, 0.25) is 0 Å². The fourth-order valence-corrected chi connectivity index (χ4v) is 8.09. The van der Waals surface area contributed by atoms with Crippen LogP contribution in [0.15, 0.2) is 35.5 Å². The smallest absolute Gasteiger partial charge is 0.260 e. The normalized spacial score (nSPS) is 25.2. The monoisotopic (exact) mass is 575 g/mol. The van der Waals surface area contributed by atoms with E-state index in [9.17, 15) is 9.00 Å². The Morgan fingerprint density at radius 2 is 1.95 bits per heavy atom. The molecule has 0 spiro atoms. The summed E-state index contributed by atoms with van der Waals surface area (Å²) in [6.45, 7) is 10.6. The highest BCUT2D eigenvalue weighted by Crippen LogP contribution is 2.52. The van der Waals surface area contributed by atoms with Crippen molar-refractivity contribution in [3.63, 3.8) is 0 Å². The van der Waals surface area contributed by atoms with Crippen LogP contribution in [0, 0.1) is 11.8 Å². The van der Waals surface area contributed by atoms with Crippen molar-refractivity contribution in [2.24, 2.45) is 18.9 Å². The largest absolute Gasteiger partial charge is 0.370 e. The number of hydrogen-bond donors (Lipinski definition) is 1. The molecule has 1 aromatic carbocycles. The van der Waals surface area contributed by atoms with Gasteiger partial charge in [-0.3, -0.25) is 18.8 Å². The lowest BCUT2D eigenvalue weighted by molar-refractivity contribution is 0.0995. The summed E-state index contributed by atoms with van der Waals surface area (Å²) >= 11 is 0. The van der Waals surface area contributed by atoms with Gasteiger partial charge in [0, 0.05) is 49.0 Å². The SMILES string of the molecule is CCNc1cc(C2(c3nncn3C)CC(C)C2)cc(N2Cc3c(cc(CN4CCC[C@H](C)C4)cc3S(C)=O)C2=O)n1. The van der Waals surface area contributed by atoms with Crippen LogP contribution in [0.2, 0.25) is 0 Å². The highest BCUT2D eigenvalue weighted by molar-refractivity contribution is 7.84. The van der Waals surface area contributed by atoms with Crippen LogP contribution < -0.4 is 10.2 Å². The van der Waals surface area contributed by atoms with Crippen molar-refractivity contribution in [1.29, 1.82) is 0 Å². The van der Waals surface area contributed by atoms with E-state index < -0.39 is 10.8 Å². The minimum atomic E-state index is -1.21. The molecular weight excluding hydrogens is 534 g/mol. The molecule has 4 heterocycles. The zero-order valence-corrected chi connectivity index (χ0v) is 25.6. The topological polar surface area (TPSA) is 96.3 Å². The van der Waals surface area contributed by atoms with Gasteiger partial charge in [0.25, 0.3) is 5.91 Å². The van der Waals surface area contributed by atoms with Crippen LogP contribution in [0.25, 0.3) is 0 Å². The Balaban J connectivity index is 1.38. The number of aromatic nitrogens is 4. The summed E-state index contributed by atoms with van der Waals surface area (Å²) in [6.07, 6.45) is 7.83. The molecule has 218 valence electrons. The molecule has 1 amide bonds. The number of fused-ring (bicyclic) bond motifs is 1. The molecular formula is C31H41N7O2S. The van der Waals surface area contributed by atoms with Crippen molar-refractivity contribution in [1.82, 2.24) is 24.6 Å². The summed E-state index contributed by atoms with van der Waals surface area (Å²) in [7, 11) is 0.775. The van der Waals surface area contributed by atoms with E-state index in [-0.39, 0.29) is 11.3 Å². The minimum absolute atomic E-state index is 0.0812. The van der Waals surface area contributed by atoms with Crippen LogP contribution >= 0.6 is 0 Å². The maximum atomic E-state index is 14.0. The Morgan fingerprint density at radius 3 is 2.61 bits per heavy atom. The number of nitrogens with one attached hydrogen (secondary N) is 1. The molecule has 10 heteroatoms. The van der Waals surface area contributed by atoms with Gasteiger partial charge in [-0.2, -0.15) is 0 Å². The number of pyridine rings is 1. The zero-order valence-electron chi connectivity index (χ0n) is 24.8. The van der Waals surface area contributed by atoms with E-state index in [0.29, 0.717) is 29.8 Å². The van der Waals surface area contributed by atoms with Gasteiger partial charge in [0.15, 0.2) is 0 Å². The van der Waals surface area contributed by atoms with Crippen molar-refractivity contribution >= 4 is 28.3 Å². The van der Waals surface area contributed by atoms with Gasteiger partial charge in [-0.25, -0.2) is 4.98 Å². The van der Waals surface area contributed by atoms with Gasteiger partial charge in [0.05, 0.1) is 22.8 Å². The molecule has 6 rings (SSSR count). The van der Waals surface area contributed by atoms with Crippen molar-refractivity contribution < 1.29 is 9.00 Å². The van der Waals surface area contributed by atoms with E-state index in [1.54, 1.807) is 17.5 Å². The van der Waals surface area contributed by atoms with E-state index in [0.717, 1.165) is 72.2 Å². The molecule has 1 saturated heterocycles. The zero-order chi connectivity index (χ0) is 28.9. The van der Waals surface area contributed by atoms with Gasteiger partial charge in [-0.15, -0.1) is 10.2 Å². The molecule has 0 bridgehead atoms. The number of rotatable bonds is 8. The first-order valence-electron chi connectivity index (χ1n) is 14.8. The quantitative estimate of drug-likeness (QED) is 0.423. The third kappa shape index (κ3) is 5.09. The van der Waals surface area contributed by atoms with E-state index in [1.807, 2.05) is 24.6 Å². The van der Waals surface area contributed by atoms with E-state index in [4.69, 9.17) is 4.98 Å². The minimum Gasteiger partial charge on any atom is -0.370 e. The van der Waals surface area contributed by atoms with Crippen molar-refractivity contribution in [2.45, 2.75) is 69.9 Å². The van der Waals surface area contributed by atoms with Gasteiger partial charge >= 0.3 is 0 Å². The van der Waals surface area contributed by atoms with Crippen molar-refractivity contribution in [3.05, 3.63) is 58.7 Å². The number of aryl methyl sites for hydroxylation is 1. The van der Waals surface area contributed by atoms with Crippen LogP contribution in [0.1, 0.15) is 79.3 Å². The number of piperidine rings is 1. The number of carbonyl (C=O) groups excluding carboxylic acids is 1. The Bertz CT molecular complexity index is 1500. The molecule has 1 aliphatic carbocycles. The van der Waals surface area contributed by atoms with Gasteiger partial charge in [0.1, 0.15) is 23.8 Å². The van der Waals surface area contributed by atoms with Crippen LogP contribution in [-0.4, -0.2) is 60.7 Å². The first-order chi connectivity index (χ1) is 19.7. The molecule has 1 N–H and O–H groups in total. The van der Waals surface area contributed by atoms with Gasteiger partial charge < -0.3 is 9.88 Å². The van der Waals surface area contributed by atoms with E-state index in [2.05, 4.69) is 52.5 Å². The number of hydrogen-bond acceptors (Lipinski definition) is 7. The molecule has 2 aromatic heterocycles. The summed E-state index contributed by atoms with van der Waals surface area (Å²) in [4.78, 5) is 23.9. The van der Waals surface area contributed by atoms with Crippen molar-refractivity contribution in [2.75, 3.05) is 36.1 Å². The predicted octanol–water partition coefficient (Wildman–Crippen LogP) is 4.49. The maximum absolute atomic E-state index is 14.0. The fourth-order valence-electron chi connectivity index (χ4n) is 7.25. The maximum Gasteiger partial charge on any atom is 0.260 e. The van der Waals surface area contributed by atoms with Crippen LogP contribution in [-0.2, 0) is 36.4 Å². The lowest BCUT2D eigenvalue weighted by atomic mass is 9.58. The van der Waals surface area contributed by atoms with E-state index >= 15 is 0 Å². The number of nitrogens with zero attached hydrogens (tertiary/aromatic N) is 6. The molecule has 0 radical (unpaired) electrons. The molecule has 1 unspecified atom stereocenters. The number of benzene rings is 1. The summed E-state index contributed by atoms with van der Waals surface area (Å²) in [5, 5.41) is 12.1. The Labute approximate surface area is 245 Å². The van der Waals surface area contributed by atoms with Crippen molar-refractivity contribution in [3.8, 4) is 0 Å². The van der Waals surface area contributed by atoms with E-state index in [1.165, 1.54) is 12.8 Å². The lowest BCUT2D eigenvalue weighted by Gasteiger charge is -2.46. The van der Waals surface area contributed by atoms with Crippen LogP contribution in [0.3, 0.4) is 0 Å². The molecule has 2 fully saturated rings. The number of carbonyl (C=O) groups is 1. The van der Waals surface area contributed by atoms with Gasteiger partial charge in [-0.05, 0) is 86.4 Å². The number of amides is 1. The molecule has 9 nitrogen and oxygen atoms in total. The summed E-state index contributed by atoms with van der Waals surface area (Å²) < 4.78 is 14.9. The molecule has 2 aliphatic heterocycles. The second-order valence-corrected chi connectivity index (χ2v) is 13.8. The van der Waals surface area contributed by atoms with Gasteiger partial charge in [-0.1, -0.05) is 13.8 Å². The Morgan fingerprint density at radius 1 is 1.15 bits per heavy atom. The summed E-state index contributed by atoms with van der Waals surface area (Å²) in [6, 6.07) is 8.24. The Hall–Kier alpha value is -3.11. The molecule has 41 heavy (non-hydrogen) atoms. The standard InChI is InChI=1S/C31H41N7O2S/c1-6-32-27-12-23(31(14-21(3)15-31)30-35-33-19-36(30)4)13-28(34-27)38-18-25-24(29(38)39)10-22(11-26(25)41(5)40)17-37-9-7-8-20(2)16-37/h10-13,19-21H,6-9,14-18H2,1-5H3,(H,32,34)/t20-,21?,31?,41?/m0/s1. The second kappa shape index (κ2) is 10.9. The average Bonchev–Trinajstić information content (AvgIpc) is 3.49. The first-order valence-corrected chi connectivity index (χ1v) is 16.4. The first kappa shape index (κ1) is 28.0. The third-order valence-corrected chi connectivity index (χ3v) is 10.0. The van der Waals surface area contributed by atoms with Crippen LogP contribution in [0.4, 0.5) is 11.6 Å². The summed E-state index contributed by atoms with van der Waals surface area (Å²) in [5.74, 6) is 3.44. The second-order valence-electron chi connectivity index (χ2n) is 12.4. The molecule has 3 aromatic rings. The highest BCUT2D eigenvalue weighted by Gasteiger charge is 2.49. The summed E-state index contributed by atoms with van der Waals surface area (Å²) in [5.41, 5.74) is 3.37. The average molecular weight is 576 g/mol.